The summed E-state index contributed by atoms with van der Waals surface area (Å²) in [4.78, 5) is 16.1. The number of hydrogen-bond donors (Lipinski definition) is 2. The van der Waals surface area contributed by atoms with E-state index >= 15 is 0 Å². The maximum atomic E-state index is 11.9. The third-order valence-corrected chi connectivity index (χ3v) is 4.46. The topological polar surface area (TPSA) is 117 Å². The molecular formula is C18H17BrN4O4. The molecule has 0 saturated heterocycles. The van der Waals surface area contributed by atoms with Crippen LogP contribution in [-0.2, 0) is 16.1 Å². The van der Waals surface area contributed by atoms with Gasteiger partial charge in [0, 0.05) is 17.1 Å². The van der Waals surface area contributed by atoms with Crippen LogP contribution in [0.5, 0.6) is 11.6 Å². The van der Waals surface area contributed by atoms with Gasteiger partial charge in [0.05, 0.1) is 18.5 Å². The number of hydrazone groups is 1. The molecule has 9 heteroatoms. The zero-order valence-corrected chi connectivity index (χ0v) is 16.3. The third kappa shape index (κ3) is 5.51. The highest BCUT2D eigenvalue weighted by Gasteiger charge is 2.18. The number of carbonyl (C=O) groups excluding carboxylic acids is 1. The van der Waals surface area contributed by atoms with Crippen LogP contribution in [0.3, 0.4) is 0 Å². The van der Waals surface area contributed by atoms with E-state index in [-0.39, 0.29) is 30.4 Å². The van der Waals surface area contributed by atoms with Crippen molar-refractivity contribution in [3.8, 4) is 17.7 Å². The number of phenols is 1. The molecule has 1 aromatic heterocycles. The number of aryl methyl sites for hydroxylation is 1. The van der Waals surface area contributed by atoms with E-state index in [1.165, 1.54) is 25.5 Å². The van der Waals surface area contributed by atoms with E-state index in [0.29, 0.717) is 21.3 Å². The molecule has 8 nitrogen and oxygen atoms in total. The lowest BCUT2D eigenvalue weighted by Gasteiger charge is -2.13. The molecule has 1 aromatic carbocycles. The van der Waals surface area contributed by atoms with E-state index in [0.717, 1.165) is 0 Å². The second kappa shape index (κ2) is 9.66. The Morgan fingerprint density at radius 1 is 1.44 bits per heavy atom. The predicted molar refractivity (Wildman–Crippen MR) is 101 cm³/mol. The normalized spacial score (nSPS) is 10.6. The molecule has 0 aliphatic heterocycles. The van der Waals surface area contributed by atoms with Crippen LogP contribution >= 0.6 is 15.9 Å². The zero-order chi connectivity index (χ0) is 19.8. The van der Waals surface area contributed by atoms with Gasteiger partial charge in [-0.15, -0.1) is 0 Å². The van der Waals surface area contributed by atoms with Crippen molar-refractivity contribution in [1.82, 2.24) is 10.4 Å². The maximum Gasteiger partial charge on any atom is 0.278 e. The summed E-state index contributed by atoms with van der Waals surface area (Å²) in [5, 5.41) is 22.4. The summed E-state index contributed by atoms with van der Waals surface area (Å²) < 4.78 is 11.2. The lowest BCUT2D eigenvalue weighted by Crippen LogP contribution is -2.25. The molecule has 0 fully saturated rings. The fraction of sp³-hybridized carbons (Fsp3) is 0.222. The molecule has 2 rings (SSSR count). The zero-order valence-electron chi connectivity index (χ0n) is 14.7. The van der Waals surface area contributed by atoms with Crippen LogP contribution in [0.4, 0.5) is 0 Å². The fourth-order valence-electron chi connectivity index (χ4n) is 2.12. The van der Waals surface area contributed by atoms with E-state index in [1.807, 2.05) is 6.07 Å². The molecule has 27 heavy (non-hydrogen) atoms. The number of methoxy groups -OCH3 is 1. The van der Waals surface area contributed by atoms with Crippen LogP contribution in [0, 0.1) is 18.3 Å². The van der Waals surface area contributed by atoms with Gasteiger partial charge in [0.1, 0.15) is 17.4 Å². The van der Waals surface area contributed by atoms with Crippen molar-refractivity contribution < 1.29 is 19.4 Å². The summed E-state index contributed by atoms with van der Waals surface area (Å²) in [5.74, 6) is -0.310. The predicted octanol–water partition coefficient (Wildman–Crippen LogP) is 2.41. The number of carbonyl (C=O) groups is 1. The standard InChI is InChI=1S/C18H17BrN4O4/c1-11-17(19)15(9-26-2)14(7-20)18(22-11)27-10-16(25)23-21-8-12-3-5-13(24)6-4-12/h3-6,8,24H,9-10H2,1-2H3,(H,23,25)/b21-8-. The van der Waals surface area contributed by atoms with Crippen molar-refractivity contribution >= 4 is 28.1 Å². The number of nitriles is 1. The number of hydrogen-bond acceptors (Lipinski definition) is 7. The average molecular weight is 433 g/mol. The van der Waals surface area contributed by atoms with Gasteiger partial charge in [-0.2, -0.15) is 10.4 Å². The number of ether oxygens (including phenoxy) is 2. The number of benzene rings is 1. The van der Waals surface area contributed by atoms with Crippen LogP contribution in [0.25, 0.3) is 0 Å². The molecule has 0 saturated carbocycles. The van der Waals surface area contributed by atoms with Gasteiger partial charge < -0.3 is 14.6 Å². The van der Waals surface area contributed by atoms with Crippen molar-refractivity contribution in [1.29, 1.82) is 5.26 Å². The van der Waals surface area contributed by atoms with Gasteiger partial charge >= 0.3 is 0 Å². The summed E-state index contributed by atoms with van der Waals surface area (Å²) >= 11 is 3.38. The van der Waals surface area contributed by atoms with Gasteiger partial charge in [-0.3, -0.25) is 4.79 Å². The SMILES string of the molecule is COCc1c(Br)c(C)nc(OCC(=O)N/N=C\c2ccc(O)cc2)c1C#N. The lowest BCUT2D eigenvalue weighted by atomic mass is 10.1. The van der Waals surface area contributed by atoms with Crippen molar-refractivity contribution in [3.05, 3.63) is 51.1 Å². The Morgan fingerprint density at radius 2 is 2.15 bits per heavy atom. The molecule has 1 heterocycles. The van der Waals surface area contributed by atoms with E-state index < -0.39 is 5.91 Å². The Morgan fingerprint density at radius 3 is 2.78 bits per heavy atom. The monoisotopic (exact) mass is 432 g/mol. The highest BCUT2D eigenvalue weighted by Crippen LogP contribution is 2.29. The Balaban J connectivity index is 2.02. The number of nitrogens with one attached hydrogen (secondary N) is 1. The van der Waals surface area contributed by atoms with Crippen LogP contribution < -0.4 is 10.2 Å². The Kier molecular flexibility index (Phi) is 7.28. The van der Waals surface area contributed by atoms with Gasteiger partial charge in [-0.05, 0) is 52.7 Å². The van der Waals surface area contributed by atoms with Gasteiger partial charge in [0.25, 0.3) is 5.91 Å². The second-order valence-electron chi connectivity index (χ2n) is 5.39. The van der Waals surface area contributed by atoms with E-state index in [9.17, 15) is 15.2 Å². The minimum Gasteiger partial charge on any atom is -0.508 e. The van der Waals surface area contributed by atoms with Crippen molar-refractivity contribution in [2.75, 3.05) is 13.7 Å². The first-order valence-corrected chi connectivity index (χ1v) is 8.57. The van der Waals surface area contributed by atoms with E-state index in [1.54, 1.807) is 19.1 Å². The van der Waals surface area contributed by atoms with Gasteiger partial charge in [-0.25, -0.2) is 10.4 Å². The fourth-order valence-corrected chi connectivity index (χ4v) is 2.52. The third-order valence-electron chi connectivity index (χ3n) is 3.40. The highest BCUT2D eigenvalue weighted by molar-refractivity contribution is 9.10. The lowest BCUT2D eigenvalue weighted by molar-refractivity contribution is -0.123. The molecule has 0 radical (unpaired) electrons. The van der Waals surface area contributed by atoms with Crippen LogP contribution in [0.15, 0.2) is 33.8 Å². The average Bonchev–Trinajstić information content (AvgIpc) is 2.65. The highest BCUT2D eigenvalue weighted by atomic mass is 79.9. The molecule has 2 N–H and O–H groups in total. The number of phenolic OH excluding ortho intramolecular Hbond substituents is 1. The number of aromatic nitrogens is 1. The summed E-state index contributed by atoms with van der Waals surface area (Å²) in [6.45, 7) is 1.59. The summed E-state index contributed by atoms with van der Waals surface area (Å²) in [5.41, 5.74) is 4.44. The molecule has 0 bridgehead atoms. The summed E-state index contributed by atoms with van der Waals surface area (Å²) in [7, 11) is 1.52. The smallest absolute Gasteiger partial charge is 0.278 e. The molecule has 0 spiro atoms. The summed E-state index contributed by atoms with van der Waals surface area (Å²) in [6, 6.07) is 8.34. The first kappa shape index (κ1) is 20.4. The maximum absolute atomic E-state index is 11.9. The van der Waals surface area contributed by atoms with E-state index in [2.05, 4.69) is 31.4 Å². The van der Waals surface area contributed by atoms with Crippen molar-refractivity contribution in [2.24, 2.45) is 5.10 Å². The molecule has 140 valence electrons. The van der Waals surface area contributed by atoms with Crippen LogP contribution in [0.1, 0.15) is 22.4 Å². The minimum absolute atomic E-state index is 0.0583. The molecule has 2 aromatic rings. The first-order chi connectivity index (χ1) is 13.0. The van der Waals surface area contributed by atoms with Gasteiger partial charge in [0.15, 0.2) is 6.61 Å². The van der Waals surface area contributed by atoms with Crippen LogP contribution in [-0.4, -0.2) is 35.9 Å². The van der Waals surface area contributed by atoms with Crippen LogP contribution in [0.2, 0.25) is 0 Å². The number of aromatic hydroxyl groups is 1. The molecule has 0 atom stereocenters. The summed E-state index contributed by atoms with van der Waals surface area (Å²) in [6.07, 6.45) is 1.43. The van der Waals surface area contributed by atoms with Gasteiger partial charge in [-0.1, -0.05) is 0 Å². The molecule has 0 unspecified atom stereocenters. The number of halogens is 1. The Hall–Kier alpha value is -2.96. The largest absolute Gasteiger partial charge is 0.508 e. The molecular weight excluding hydrogens is 416 g/mol. The Labute approximate surface area is 164 Å². The quantitative estimate of drug-likeness (QED) is 0.512. The number of pyridine rings is 1. The van der Waals surface area contributed by atoms with Crippen molar-refractivity contribution in [2.45, 2.75) is 13.5 Å². The van der Waals surface area contributed by atoms with Crippen molar-refractivity contribution in [3.63, 3.8) is 0 Å². The molecule has 1 amide bonds. The number of nitrogens with zero attached hydrogens (tertiary/aromatic N) is 3. The molecule has 0 aliphatic rings. The Bertz CT molecular complexity index is 892. The second-order valence-corrected chi connectivity index (χ2v) is 6.18. The van der Waals surface area contributed by atoms with E-state index in [4.69, 9.17) is 9.47 Å². The molecule has 0 aliphatic carbocycles. The minimum atomic E-state index is -0.510. The van der Waals surface area contributed by atoms with Gasteiger partial charge in [0.2, 0.25) is 5.88 Å². The number of rotatable bonds is 7. The first-order valence-electron chi connectivity index (χ1n) is 7.78. The number of amides is 1.